The van der Waals surface area contributed by atoms with E-state index < -0.39 is 23.5 Å². The second-order valence-electron chi connectivity index (χ2n) is 8.19. The number of fused-ring (bicyclic) bond motifs is 1. The molecule has 0 radical (unpaired) electrons. The van der Waals surface area contributed by atoms with Crippen molar-refractivity contribution in [2.45, 2.75) is 19.9 Å². The lowest BCUT2D eigenvalue weighted by Gasteiger charge is -2.25. The van der Waals surface area contributed by atoms with Gasteiger partial charge in [-0.1, -0.05) is 23.5 Å². The first-order valence-corrected chi connectivity index (χ1v) is 11.6. The molecule has 5 rings (SSSR count). The van der Waals surface area contributed by atoms with Crippen LogP contribution in [0.3, 0.4) is 0 Å². The molecular formula is C26H22N2O6S. The van der Waals surface area contributed by atoms with Crippen LogP contribution in [0.2, 0.25) is 0 Å². The summed E-state index contributed by atoms with van der Waals surface area (Å²) in [5.74, 6) is -1.01. The van der Waals surface area contributed by atoms with E-state index >= 15 is 0 Å². The molecule has 9 heteroatoms. The quantitative estimate of drug-likeness (QED) is 0.366. The number of ketones is 1. The van der Waals surface area contributed by atoms with E-state index in [4.69, 9.17) is 18.9 Å². The van der Waals surface area contributed by atoms with Crippen LogP contribution in [0.25, 0.3) is 10.2 Å². The zero-order chi connectivity index (χ0) is 24.9. The number of hydrogen-bond donors (Lipinski definition) is 1. The molecule has 2 aromatic carbocycles. The highest BCUT2D eigenvalue weighted by atomic mass is 32.1. The molecule has 1 aliphatic rings. The molecule has 3 heterocycles. The molecule has 1 amide bonds. The number of aryl methyl sites for hydroxylation is 2. The van der Waals surface area contributed by atoms with Crippen molar-refractivity contribution < 1.29 is 28.6 Å². The van der Waals surface area contributed by atoms with Crippen LogP contribution in [0.15, 0.2) is 64.5 Å². The molecule has 4 aromatic rings. The lowest BCUT2D eigenvalue weighted by Crippen LogP contribution is -2.31. The fraction of sp³-hybridized carbons (Fsp3) is 0.192. The number of benzene rings is 2. The van der Waals surface area contributed by atoms with Gasteiger partial charge in [0.05, 0.1) is 42.3 Å². The standard InChI is InChI=1S/C26H22N2O6S/c1-13-10-14(2)21-19(11-13)35-26(27-21)28-22(15-7-8-16(32-3)18(12-15)33-4)20(24(30)25(28)31)23(29)17-6-5-9-34-17/h5-12,22,30H,1-4H3/t22-/m0/s1. The number of amides is 1. The van der Waals surface area contributed by atoms with Gasteiger partial charge in [0, 0.05) is 0 Å². The number of anilines is 1. The van der Waals surface area contributed by atoms with Crippen molar-refractivity contribution >= 4 is 38.4 Å². The number of aromatic nitrogens is 1. The van der Waals surface area contributed by atoms with Crippen LogP contribution >= 0.6 is 11.3 Å². The van der Waals surface area contributed by atoms with E-state index in [1.165, 1.54) is 42.8 Å². The molecular weight excluding hydrogens is 468 g/mol. The Morgan fingerprint density at radius 1 is 1.11 bits per heavy atom. The molecule has 8 nitrogen and oxygen atoms in total. The van der Waals surface area contributed by atoms with E-state index in [-0.39, 0.29) is 11.3 Å². The van der Waals surface area contributed by atoms with Crippen LogP contribution in [0, 0.1) is 13.8 Å². The monoisotopic (exact) mass is 490 g/mol. The number of carbonyl (C=O) groups excluding carboxylic acids is 2. The minimum Gasteiger partial charge on any atom is -0.503 e. The summed E-state index contributed by atoms with van der Waals surface area (Å²) < 4.78 is 17.0. The molecule has 0 bridgehead atoms. The van der Waals surface area contributed by atoms with Crippen molar-refractivity contribution in [2.24, 2.45) is 0 Å². The van der Waals surface area contributed by atoms with Crippen molar-refractivity contribution in [3.8, 4) is 11.5 Å². The first-order chi connectivity index (χ1) is 16.8. The van der Waals surface area contributed by atoms with E-state index in [0.717, 1.165) is 21.3 Å². The number of ether oxygens (including phenoxy) is 2. The lowest BCUT2D eigenvalue weighted by molar-refractivity contribution is -0.117. The summed E-state index contributed by atoms with van der Waals surface area (Å²) in [4.78, 5) is 32.9. The number of thiazole rings is 1. The molecule has 178 valence electrons. The smallest absolute Gasteiger partial charge is 0.296 e. The molecule has 0 fully saturated rings. The van der Waals surface area contributed by atoms with Gasteiger partial charge >= 0.3 is 0 Å². The van der Waals surface area contributed by atoms with E-state index in [1.54, 1.807) is 24.3 Å². The van der Waals surface area contributed by atoms with Crippen molar-refractivity contribution in [1.82, 2.24) is 4.98 Å². The molecule has 35 heavy (non-hydrogen) atoms. The summed E-state index contributed by atoms with van der Waals surface area (Å²) in [6.07, 6.45) is 1.36. The largest absolute Gasteiger partial charge is 0.503 e. The van der Waals surface area contributed by atoms with Crippen LogP contribution in [0.4, 0.5) is 5.13 Å². The molecule has 0 saturated carbocycles. The molecule has 1 N–H and O–H groups in total. The molecule has 0 aliphatic carbocycles. The van der Waals surface area contributed by atoms with Gasteiger partial charge < -0.3 is 19.0 Å². The summed E-state index contributed by atoms with van der Waals surface area (Å²) in [5.41, 5.74) is 3.26. The van der Waals surface area contributed by atoms with E-state index in [9.17, 15) is 14.7 Å². The predicted molar refractivity (Wildman–Crippen MR) is 132 cm³/mol. The molecule has 0 saturated heterocycles. The summed E-state index contributed by atoms with van der Waals surface area (Å²) in [6.45, 7) is 3.95. The number of carbonyl (C=O) groups is 2. The second-order valence-corrected chi connectivity index (χ2v) is 9.19. The lowest BCUT2D eigenvalue weighted by atomic mass is 9.95. The van der Waals surface area contributed by atoms with Gasteiger partial charge in [0.1, 0.15) is 0 Å². The number of aliphatic hydroxyl groups is 1. The van der Waals surface area contributed by atoms with Crippen molar-refractivity contribution in [3.63, 3.8) is 0 Å². The highest BCUT2D eigenvalue weighted by molar-refractivity contribution is 7.22. The fourth-order valence-corrected chi connectivity index (χ4v) is 5.54. The predicted octanol–water partition coefficient (Wildman–Crippen LogP) is 5.31. The summed E-state index contributed by atoms with van der Waals surface area (Å²) in [7, 11) is 3.02. The highest BCUT2D eigenvalue weighted by Gasteiger charge is 2.46. The Kier molecular flexibility index (Phi) is 5.56. The number of nitrogens with zero attached hydrogens (tertiary/aromatic N) is 2. The summed E-state index contributed by atoms with van der Waals surface area (Å²) in [6, 6.07) is 11.2. The zero-order valence-electron chi connectivity index (χ0n) is 19.5. The first-order valence-electron chi connectivity index (χ1n) is 10.8. The van der Waals surface area contributed by atoms with Crippen LogP contribution in [0.1, 0.15) is 33.3 Å². The third-order valence-electron chi connectivity index (χ3n) is 5.95. The highest BCUT2D eigenvalue weighted by Crippen LogP contribution is 2.46. The van der Waals surface area contributed by atoms with Crippen molar-refractivity contribution in [2.75, 3.05) is 19.1 Å². The number of hydrogen-bond acceptors (Lipinski definition) is 8. The van der Waals surface area contributed by atoms with Gasteiger partial charge in [-0.05, 0) is 60.9 Å². The second kappa shape index (κ2) is 8.59. The van der Waals surface area contributed by atoms with Crippen LogP contribution in [-0.2, 0) is 4.79 Å². The molecule has 1 atom stereocenters. The Morgan fingerprint density at radius 3 is 2.57 bits per heavy atom. The van der Waals surface area contributed by atoms with E-state index in [1.807, 2.05) is 26.0 Å². The SMILES string of the molecule is COc1ccc([C@H]2C(C(=O)c3ccco3)=C(O)C(=O)N2c2nc3c(C)cc(C)cc3s2)cc1OC. The Bertz CT molecular complexity index is 1500. The van der Waals surface area contributed by atoms with Gasteiger partial charge in [-0.2, -0.15) is 0 Å². The summed E-state index contributed by atoms with van der Waals surface area (Å²) in [5, 5.41) is 11.3. The van der Waals surface area contributed by atoms with Gasteiger partial charge in [0.2, 0.25) is 5.78 Å². The van der Waals surface area contributed by atoms with Crippen LogP contribution < -0.4 is 14.4 Å². The minimum absolute atomic E-state index is 0.0162. The number of rotatable bonds is 6. The third kappa shape index (κ3) is 3.64. The van der Waals surface area contributed by atoms with Crippen molar-refractivity contribution in [1.29, 1.82) is 0 Å². The maximum absolute atomic E-state index is 13.4. The molecule has 0 unspecified atom stereocenters. The zero-order valence-corrected chi connectivity index (χ0v) is 20.3. The number of methoxy groups -OCH3 is 2. The average Bonchev–Trinajstić information content (AvgIpc) is 3.57. The Hall–Kier alpha value is -4.11. The number of aliphatic hydroxyl groups excluding tert-OH is 1. The fourth-order valence-electron chi connectivity index (χ4n) is 4.38. The topological polar surface area (TPSA) is 102 Å². The van der Waals surface area contributed by atoms with Gasteiger partial charge in [-0.15, -0.1) is 0 Å². The van der Waals surface area contributed by atoms with Gasteiger partial charge in [-0.3, -0.25) is 14.5 Å². The van der Waals surface area contributed by atoms with E-state index in [0.29, 0.717) is 22.2 Å². The van der Waals surface area contributed by atoms with E-state index in [2.05, 4.69) is 0 Å². The minimum atomic E-state index is -0.957. The van der Waals surface area contributed by atoms with Crippen LogP contribution in [-0.4, -0.2) is 36.0 Å². The Labute approximate surface area is 205 Å². The van der Waals surface area contributed by atoms with Gasteiger partial charge in [0.15, 0.2) is 28.1 Å². The number of Topliss-reactive ketones (excluding diaryl/α,β-unsaturated/α-hetero) is 1. The van der Waals surface area contributed by atoms with Gasteiger partial charge in [0.25, 0.3) is 5.91 Å². The number of furan rings is 1. The maximum atomic E-state index is 13.4. The maximum Gasteiger partial charge on any atom is 0.296 e. The van der Waals surface area contributed by atoms with Gasteiger partial charge in [-0.25, -0.2) is 4.98 Å². The van der Waals surface area contributed by atoms with Crippen LogP contribution in [0.5, 0.6) is 11.5 Å². The Morgan fingerprint density at radius 2 is 1.89 bits per heavy atom. The first kappa shape index (κ1) is 22.7. The van der Waals surface area contributed by atoms with Crippen molar-refractivity contribution in [3.05, 3.63) is 82.5 Å². The average molecular weight is 491 g/mol. The Balaban J connectivity index is 1.71. The third-order valence-corrected chi connectivity index (χ3v) is 6.95. The normalized spacial score (nSPS) is 15.8. The molecule has 2 aromatic heterocycles. The summed E-state index contributed by atoms with van der Waals surface area (Å²) >= 11 is 1.32. The molecule has 1 aliphatic heterocycles. The molecule has 0 spiro atoms.